The van der Waals surface area contributed by atoms with Gasteiger partial charge in [-0.25, -0.2) is 4.98 Å². The van der Waals surface area contributed by atoms with Crippen LogP contribution in [-0.2, 0) is 11.3 Å². The lowest BCUT2D eigenvalue weighted by Crippen LogP contribution is -2.41. The number of hydrogen-bond acceptors (Lipinski definition) is 4. The summed E-state index contributed by atoms with van der Waals surface area (Å²) in [4.78, 5) is 19.1. The Morgan fingerprint density at radius 3 is 2.82 bits per heavy atom. The monoisotopic (exact) mass is 397 g/mol. The molecule has 4 rings (SSSR count). The predicted molar refractivity (Wildman–Crippen MR) is 110 cm³/mol. The van der Waals surface area contributed by atoms with Gasteiger partial charge in [0.1, 0.15) is 5.52 Å². The van der Waals surface area contributed by atoms with E-state index < -0.39 is 0 Å². The molecule has 28 heavy (non-hydrogen) atoms. The van der Waals surface area contributed by atoms with Gasteiger partial charge in [-0.3, -0.25) is 9.69 Å². The largest absolute Gasteiger partial charge is 0.440 e. The Labute approximate surface area is 169 Å². The van der Waals surface area contributed by atoms with Gasteiger partial charge in [0, 0.05) is 17.5 Å². The predicted octanol–water partition coefficient (Wildman–Crippen LogP) is 4.29. The normalized spacial score (nSPS) is 15.8. The molecule has 5 nitrogen and oxygen atoms in total. The van der Waals surface area contributed by atoms with Crippen LogP contribution in [-0.4, -0.2) is 35.4 Å². The van der Waals surface area contributed by atoms with E-state index in [1.807, 2.05) is 30.3 Å². The lowest BCUT2D eigenvalue weighted by atomic mass is 9.97. The second-order valence-corrected chi connectivity index (χ2v) is 7.85. The number of piperidine rings is 1. The van der Waals surface area contributed by atoms with Crippen molar-refractivity contribution >= 4 is 28.6 Å². The number of nitrogens with one attached hydrogen (secondary N) is 1. The lowest BCUT2D eigenvalue weighted by Gasteiger charge is -2.29. The molecule has 1 saturated heterocycles. The summed E-state index contributed by atoms with van der Waals surface area (Å²) >= 11 is 6.03. The Morgan fingerprint density at radius 1 is 1.25 bits per heavy atom. The molecule has 1 aromatic heterocycles. The minimum absolute atomic E-state index is 0.0678. The summed E-state index contributed by atoms with van der Waals surface area (Å²) in [7, 11) is 0. The van der Waals surface area contributed by atoms with Crippen molar-refractivity contribution < 1.29 is 9.21 Å². The molecule has 1 N–H and O–H groups in total. The maximum absolute atomic E-state index is 12.3. The third-order valence-corrected chi connectivity index (χ3v) is 5.64. The first-order chi connectivity index (χ1) is 13.6. The number of hydrogen-bond donors (Lipinski definition) is 1. The molecule has 0 saturated carbocycles. The smallest absolute Gasteiger partial charge is 0.234 e. The molecule has 1 aliphatic heterocycles. The number of fused-ring (bicyclic) bond motifs is 1. The Hall–Kier alpha value is -2.37. The summed E-state index contributed by atoms with van der Waals surface area (Å²) in [6.45, 7) is 4.80. The quantitative estimate of drug-likeness (QED) is 0.697. The zero-order chi connectivity index (χ0) is 19.5. The van der Waals surface area contributed by atoms with Crippen molar-refractivity contribution in [2.24, 2.45) is 0 Å². The van der Waals surface area contributed by atoms with Gasteiger partial charge in [-0.05, 0) is 62.2 Å². The Bertz CT molecular complexity index is 977. The minimum atomic E-state index is 0.0678. The van der Waals surface area contributed by atoms with E-state index in [1.54, 1.807) is 0 Å². The molecule has 0 radical (unpaired) electrons. The fourth-order valence-electron chi connectivity index (χ4n) is 3.69. The number of rotatable bonds is 5. The summed E-state index contributed by atoms with van der Waals surface area (Å²) in [5, 5.41) is 3.69. The fourth-order valence-corrected chi connectivity index (χ4v) is 3.86. The highest BCUT2D eigenvalue weighted by Gasteiger charge is 2.25. The van der Waals surface area contributed by atoms with E-state index in [1.165, 1.54) is 5.56 Å². The van der Waals surface area contributed by atoms with E-state index in [0.717, 1.165) is 48.5 Å². The average molecular weight is 398 g/mol. The second-order valence-electron chi connectivity index (χ2n) is 7.42. The zero-order valence-electron chi connectivity index (χ0n) is 16.0. The fraction of sp³-hybridized carbons (Fsp3) is 0.364. The highest BCUT2D eigenvalue weighted by Crippen LogP contribution is 2.30. The highest BCUT2D eigenvalue weighted by molar-refractivity contribution is 6.31. The molecule has 0 aliphatic carbocycles. The van der Waals surface area contributed by atoms with Gasteiger partial charge in [-0.2, -0.15) is 0 Å². The molecule has 0 bridgehead atoms. The van der Waals surface area contributed by atoms with Gasteiger partial charge in [0.15, 0.2) is 11.5 Å². The molecular formula is C22H24ClN3O2. The van der Waals surface area contributed by atoms with Gasteiger partial charge in [0.2, 0.25) is 5.91 Å². The van der Waals surface area contributed by atoms with Crippen LogP contribution in [0.3, 0.4) is 0 Å². The van der Waals surface area contributed by atoms with Crippen LogP contribution in [0.25, 0.3) is 11.1 Å². The van der Waals surface area contributed by atoms with Crippen LogP contribution in [0.15, 0.2) is 46.9 Å². The highest BCUT2D eigenvalue weighted by atomic mass is 35.5. The van der Waals surface area contributed by atoms with Crippen molar-refractivity contribution in [1.82, 2.24) is 15.2 Å². The van der Waals surface area contributed by atoms with Gasteiger partial charge >= 0.3 is 0 Å². The van der Waals surface area contributed by atoms with Crippen LogP contribution in [0.1, 0.15) is 35.8 Å². The molecular weight excluding hydrogens is 374 g/mol. The van der Waals surface area contributed by atoms with Crippen molar-refractivity contribution in [2.75, 3.05) is 19.6 Å². The topological polar surface area (TPSA) is 58.4 Å². The number of oxazole rings is 1. The van der Waals surface area contributed by atoms with Crippen molar-refractivity contribution in [3.63, 3.8) is 0 Å². The summed E-state index contributed by atoms with van der Waals surface area (Å²) < 4.78 is 5.91. The van der Waals surface area contributed by atoms with E-state index in [-0.39, 0.29) is 11.8 Å². The maximum atomic E-state index is 12.3. The number of aromatic nitrogens is 1. The number of carbonyl (C=O) groups excluding carboxylic acids is 1. The Balaban J connectivity index is 1.27. The van der Waals surface area contributed by atoms with Gasteiger partial charge < -0.3 is 9.73 Å². The first kappa shape index (κ1) is 19.0. The number of likely N-dealkylation sites (tertiary alicyclic amines) is 1. The third kappa shape index (κ3) is 4.37. The Kier molecular flexibility index (Phi) is 5.64. The van der Waals surface area contributed by atoms with Crippen LogP contribution in [0.5, 0.6) is 0 Å². The molecule has 1 aliphatic rings. The lowest BCUT2D eigenvalue weighted by molar-refractivity contribution is -0.122. The van der Waals surface area contributed by atoms with Crippen LogP contribution in [0.2, 0.25) is 5.02 Å². The van der Waals surface area contributed by atoms with E-state index >= 15 is 0 Å². The van der Waals surface area contributed by atoms with Crippen molar-refractivity contribution in [3.05, 3.63) is 64.5 Å². The molecule has 0 spiro atoms. The Morgan fingerprint density at radius 2 is 2.04 bits per heavy atom. The minimum Gasteiger partial charge on any atom is -0.440 e. The summed E-state index contributed by atoms with van der Waals surface area (Å²) in [6, 6.07) is 13.6. The molecule has 6 heteroatoms. The van der Waals surface area contributed by atoms with Gasteiger partial charge in [0.05, 0.1) is 6.54 Å². The average Bonchev–Trinajstić information content (AvgIpc) is 3.11. The third-order valence-electron chi connectivity index (χ3n) is 5.41. The van der Waals surface area contributed by atoms with Crippen LogP contribution in [0, 0.1) is 6.92 Å². The zero-order valence-corrected chi connectivity index (χ0v) is 16.7. The number of aryl methyl sites for hydroxylation is 1. The molecule has 1 fully saturated rings. The summed E-state index contributed by atoms with van der Waals surface area (Å²) in [6.07, 6.45) is 1.87. The van der Waals surface area contributed by atoms with Crippen LogP contribution < -0.4 is 5.32 Å². The van der Waals surface area contributed by atoms with Crippen LogP contribution >= 0.6 is 11.6 Å². The molecule has 0 atom stereocenters. The number of halogens is 1. The van der Waals surface area contributed by atoms with E-state index in [2.05, 4.69) is 34.3 Å². The number of benzene rings is 2. The first-order valence-corrected chi connectivity index (χ1v) is 10.1. The molecule has 0 unspecified atom stereocenters. The number of amides is 1. The van der Waals surface area contributed by atoms with E-state index in [9.17, 15) is 4.79 Å². The van der Waals surface area contributed by atoms with Gasteiger partial charge in [-0.1, -0.05) is 35.9 Å². The molecule has 1 amide bonds. The van der Waals surface area contributed by atoms with Crippen molar-refractivity contribution in [1.29, 1.82) is 0 Å². The molecule has 3 aromatic rings. The van der Waals surface area contributed by atoms with Crippen molar-refractivity contribution in [2.45, 2.75) is 32.2 Å². The first-order valence-electron chi connectivity index (χ1n) is 9.68. The standard InChI is InChI=1S/C22H24ClN3O2/c1-15-4-2-3-5-17(15)13-24-21(27)14-26-10-8-16(9-11-26)22-25-19-12-18(23)6-7-20(19)28-22/h2-7,12,16H,8-11,13-14H2,1H3,(H,24,27). The summed E-state index contributed by atoms with van der Waals surface area (Å²) in [5.74, 6) is 1.14. The van der Waals surface area contributed by atoms with Gasteiger partial charge in [-0.15, -0.1) is 0 Å². The SMILES string of the molecule is Cc1ccccc1CNC(=O)CN1CCC(c2nc3cc(Cl)ccc3o2)CC1. The molecule has 2 aromatic carbocycles. The van der Waals surface area contributed by atoms with E-state index in [4.69, 9.17) is 16.0 Å². The number of carbonyl (C=O) groups is 1. The number of nitrogens with zero attached hydrogens (tertiary/aromatic N) is 2. The van der Waals surface area contributed by atoms with Crippen LogP contribution in [0.4, 0.5) is 0 Å². The second kappa shape index (κ2) is 8.33. The summed E-state index contributed by atoms with van der Waals surface area (Å²) in [5.41, 5.74) is 3.94. The molecule has 2 heterocycles. The maximum Gasteiger partial charge on any atom is 0.234 e. The molecule has 146 valence electrons. The van der Waals surface area contributed by atoms with E-state index in [0.29, 0.717) is 18.1 Å². The van der Waals surface area contributed by atoms with Gasteiger partial charge in [0.25, 0.3) is 0 Å². The van der Waals surface area contributed by atoms with Crippen molar-refractivity contribution in [3.8, 4) is 0 Å².